The van der Waals surface area contributed by atoms with Gasteiger partial charge in [-0.1, -0.05) is 50.2 Å². The Balaban J connectivity index is 1.78. The van der Waals surface area contributed by atoms with Crippen LogP contribution in [0.4, 0.5) is 10.8 Å². The minimum Gasteiger partial charge on any atom is -0.332 e. The summed E-state index contributed by atoms with van der Waals surface area (Å²) in [6.45, 7) is 6.51. The number of rotatable bonds is 4. The van der Waals surface area contributed by atoms with Crippen LogP contribution in [0.1, 0.15) is 30.9 Å². The third-order valence-corrected chi connectivity index (χ3v) is 4.40. The molecule has 1 heterocycles. The number of aromatic nitrogens is 1. The van der Waals surface area contributed by atoms with Crippen LogP contribution < -0.4 is 5.32 Å². The first-order chi connectivity index (χ1) is 10.6. The van der Waals surface area contributed by atoms with Gasteiger partial charge < -0.3 is 5.32 Å². The van der Waals surface area contributed by atoms with Crippen LogP contribution >= 0.6 is 11.3 Å². The monoisotopic (exact) mass is 308 g/mol. The Bertz CT molecular complexity index is 757. The van der Waals surface area contributed by atoms with Crippen molar-refractivity contribution in [3.8, 4) is 11.3 Å². The van der Waals surface area contributed by atoms with Gasteiger partial charge in [-0.15, -0.1) is 11.3 Å². The highest BCUT2D eigenvalue weighted by Crippen LogP contribution is 2.28. The summed E-state index contributed by atoms with van der Waals surface area (Å²) in [5.41, 5.74) is 5.87. The summed E-state index contributed by atoms with van der Waals surface area (Å²) < 4.78 is 0. The van der Waals surface area contributed by atoms with E-state index in [1.807, 2.05) is 0 Å². The first-order valence-corrected chi connectivity index (χ1v) is 8.39. The third kappa shape index (κ3) is 3.37. The second-order valence-corrected chi connectivity index (χ2v) is 6.67. The van der Waals surface area contributed by atoms with Gasteiger partial charge in [0.05, 0.1) is 5.69 Å². The van der Waals surface area contributed by atoms with Crippen molar-refractivity contribution in [2.24, 2.45) is 0 Å². The van der Waals surface area contributed by atoms with Crippen molar-refractivity contribution in [1.82, 2.24) is 4.98 Å². The molecule has 2 aromatic carbocycles. The fourth-order valence-corrected chi connectivity index (χ4v) is 3.09. The smallest absolute Gasteiger partial charge is 0.187 e. The summed E-state index contributed by atoms with van der Waals surface area (Å²) in [5, 5.41) is 6.40. The van der Waals surface area contributed by atoms with Gasteiger partial charge in [0.25, 0.3) is 0 Å². The van der Waals surface area contributed by atoms with Gasteiger partial charge in [-0.2, -0.15) is 0 Å². The van der Waals surface area contributed by atoms with E-state index in [9.17, 15) is 0 Å². The van der Waals surface area contributed by atoms with Gasteiger partial charge in [0.1, 0.15) is 0 Å². The van der Waals surface area contributed by atoms with Crippen molar-refractivity contribution < 1.29 is 0 Å². The van der Waals surface area contributed by atoms with E-state index in [1.54, 1.807) is 11.3 Å². The number of hydrogen-bond acceptors (Lipinski definition) is 3. The first kappa shape index (κ1) is 14.8. The second-order valence-electron chi connectivity index (χ2n) is 5.81. The Labute approximate surface area is 135 Å². The van der Waals surface area contributed by atoms with E-state index < -0.39 is 0 Å². The molecule has 0 radical (unpaired) electrons. The van der Waals surface area contributed by atoms with Crippen molar-refractivity contribution in [3.63, 3.8) is 0 Å². The van der Waals surface area contributed by atoms with Crippen molar-refractivity contribution in [1.29, 1.82) is 0 Å². The largest absolute Gasteiger partial charge is 0.332 e. The highest BCUT2D eigenvalue weighted by molar-refractivity contribution is 7.14. The lowest BCUT2D eigenvalue weighted by Gasteiger charge is -2.05. The molecule has 0 aliphatic heterocycles. The Morgan fingerprint density at radius 1 is 1.05 bits per heavy atom. The molecule has 0 unspecified atom stereocenters. The van der Waals surface area contributed by atoms with Crippen LogP contribution in [0.25, 0.3) is 11.3 Å². The molecule has 2 nitrogen and oxygen atoms in total. The van der Waals surface area contributed by atoms with E-state index in [2.05, 4.69) is 85.0 Å². The Hall–Kier alpha value is -2.13. The maximum absolute atomic E-state index is 4.69. The average Bonchev–Trinajstić information content (AvgIpc) is 2.96. The van der Waals surface area contributed by atoms with E-state index in [0.29, 0.717) is 5.92 Å². The number of nitrogens with one attached hydrogen (secondary N) is 1. The van der Waals surface area contributed by atoms with E-state index in [0.717, 1.165) is 22.1 Å². The second kappa shape index (κ2) is 6.32. The Morgan fingerprint density at radius 2 is 1.82 bits per heavy atom. The highest BCUT2D eigenvalue weighted by Gasteiger charge is 2.06. The lowest BCUT2D eigenvalue weighted by atomic mass is 10.0. The van der Waals surface area contributed by atoms with Crippen LogP contribution in [-0.4, -0.2) is 4.98 Å². The summed E-state index contributed by atoms with van der Waals surface area (Å²) in [5.74, 6) is 0.558. The fraction of sp³-hybridized carbons (Fsp3) is 0.211. The molecule has 3 aromatic rings. The predicted molar refractivity (Wildman–Crippen MR) is 96.1 cm³/mol. The SMILES string of the molecule is Cc1cccc(Nc2nc(-c3ccc(C(C)C)cc3)cs2)c1. The molecule has 22 heavy (non-hydrogen) atoms. The molecule has 0 atom stereocenters. The van der Waals surface area contributed by atoms with Crippen molar-refractivity contribution in [3.05, 3.63) is 65.0 Å². The molecule has 0 amide bonds. The summed E-state index contributed by atoms with van der Waals surface area (Å²) in [4.78, 5) is 4.69. The molecule has 0 aliphatic rings. The number of thiazole rings is 1. The average molecular weight is 308 g/mol. The van der Waals surface area contributed by atoms with E-state index in [-0.39, 0.29) is 0 Å². The number of benzene rings is 2. The molecule has 3 heteroatoms. The van der Waals surface area contributed by atoms with E-state index >= 15 is 0 Å². The zero-order valence-corrected chi connectivity index (χ0v) is 13.9. The number of aryl methyl sites for hydroxylation is 1. The van der Waals surface area contributed by atoms with Crippen LogP contribution in [0.5, 0.6) is 0 Å². The zero-order chi connectivity index (χ0) is 15.5. The molecule has 1 aromatic heterocycles. The van der Waals surface area contributed by atoms with Crippen LogP contribution in [0.2, 0.25) is 0 Å². The van der Waals surface area contributed by atoms with Crippen LogP contribution in [-0.2, 0) is 0 Å². The van der Waals surface area contributed by atoms with Gasteiger partial charge in [0.2, 0.25) is 0 Å². The molecule has 0 fully saturated rings. The summed E-state index contributed by atoms with van der Waals surface area (Å²) >= 11 is 1.63. The normalized spacial score (nSPS) is 10.9. The Kier molecular flexibility index (Phi) is 4.25. The molecular formula is C19H20N2S. The van der Waals surface area contributed by atoms with Crippen LogP contribution in [0, 0.1) is 6.92 Å². The zero-order valence-electron chi connectivity index (χ0n) is 13.1. The van der Waals surface area contributed by atoms with Crippen molar-refractivity contribution >= 4 is 22.2 Å². The fourth-order valence-electron chi connectivity index (χ4n) is 2.35. The predicted octanol–water partition coefficient (Wildman–Crippen LogP) is 5.99. The van der Waals surface area contributed by atoms with Gasteiger partial charge in [-0.3, -0.25) is 0 Å². The topological polar surface area (TPSA) is 24.9 Å². The summed E-state index contributed by atoms with van der Waals surface area (Å²) in [6, 6.07) is 17.0. The summed E-state index contributed by atoms with van der Waals surface area (Å²) in [6.07, 6.45) is 0. The lowest BCUT2D eigenvalue weighted by Crippen LogP contribution is -1.90. The lowest BCUT2D eigenvalue weighted by molar-refractivity contribution is 0.867. The van der Waals surface area contributed by atoms with Gasteiger partial charge in [-0.25, -0.2) is 4.98 Å². The third-order valence-electron chi connectivity index (χ3n) is 3.65. The molecule has 1 N–H and O–H groups in total. The molecular weight excluding hydrogens is 288 g/mol. The Morgan fingerprint density at radius 3 is 2.50 bits per heavy atom. The van der Waals surface area contributed by atoms with E-state index in [4.69, 9.17) is 0 Å². The molecule has 0 spiro atoms. The molecule has 0 saturated heterocycles. The van der Waals surface area contributed by atoms with Crippen molar-refractivity contribution in [2.45, 2.75) is 26.7 Å². The van der Waals surface area contributed by atoms with Crippen LogP contribution in [0.15, 0.2) is 53.9 Å². The number of anilines is 2. The maximum atomic E-state index is 4.69. The quantitative estimate of drug-likeness (QED) is 0.640. The number of hydrogen-bond donors (Lipinski definition) is 1. The van der Waals surface area contributed by atoms with E-state index in [1.165, 1.54) is 11.1 Å². The van der Waals surface area contributed by atoms with Gasteiger partial charge in [0.15, 0.2) is 5.13 Å². The van der Waals surface area contributed by atoms with Crippen LogP contribution in [0.3, 0.4) is 0 Å². The number of nitrogens with zero attached hydrogens (tertiary/aromatic N) is 1. The van der Waals surface area contributed by atoms with Crippen molar-refractivity contribution in [2.75, 3.05) is 5.32 Å². The first-order valence-electron chi connectivity index (χ1n) is 7.51. The molecule has 0 bridgehead atoms. The van der Waals surface area contributed by atoms with Gasteiger partial charge in [-0.05, 0) is 36.1 Å². The summed E-state index contributed by atoms with van der Waals surface area (Å²) in [7, 11) is 0. The molecule has 112 valence electrons. The molecule has 0 saturated carbocycles. The molecule has 3 rings (SSSR count). The highest BCUT2D eigenvalue weighted by atomic mass is 32.1. The standard InChI is InChI=1S/C19H20N2S/c1-13(2)15-7-9-16(10-8-15)18-12-22-19(21-18)20-17-6-4-5-14(3)11-17/h4-13H,1-3H3,(H,20,21). The molecule has 0 aliphatic carbocycles. The minimum absolute atomic E-state index is 0.558. The minimum atomic E-state index is 0.558. The van der Waals surface area contributed by atoms with Gasteiger partial charge in [0, 0.05) is 16.6 Å². The van der Waals surface area contributed by atoms with Gasteiger partial charge >= 0.3 is 0 Å². The maximum Gasteiger partial charge on any atom is 0.187 e.